The Hall–Kier alpha value is -0.290. The number of rotatable bonds is 12. The Kier molecular flexibility index (Phi) is 10.1. The first-order chi connectivity index (χ1) is 10.1. The quantitative estimate of drug-likeness (QED) is 0.458. The minimum atomic E-state index is -3.98. The molecule has 1 unspecified atom stereocenters. The van der Waals surface area contributed by atoms with Crippen LogP contribution < -0.4 is 0 Å². The van der Waals surface area contributed by atoms with Crippen molar-refractivity contribution in [2.75, 3.05) is 19.8 Å². The fourth-order valence-electron chi connectivity index (χ4n) is 2.58. The predicted octanol–water partition coefficient (Wildman–Crippen LogP) is 5.26. The zero-order valence-corrected chi connectivity index (χ0v) is 12.9. The van der Waals surface area contributed by atoms with E-state index < -0.39 is 12.6 Å². The molecule has 0 N–H and O–H groups in total. The molecule has 1 atom stereocenters. The third-order valence-electron chi connectivity index (χ3n) is 3.83. The molecule has 1 aliphatic heterocycles. The summed E-state index contributed by atoms with van der Waals surface area (Å²) < 4.78 is 46.8. The topological polar surface area (TPSA) is 18.5 Å². The first kappa shape index (κ1) is 18.8. The number of unbranched alkanes of at least 4 members (excludes halogenated alkanes) is 7. The SMILES string of the molecule is FC(F)(F)CCCCCCCCCCOCC1CCCO1. The van der Waals surface area contributed by atoms with E-state index in [-0.39, 0.29) is 6.42 Å². The molecule has 0 aromatic carbocycles. The third kappa shape index (κ3) is 12.0. The van der Waals surface area contributed by atoms with E-state index in [1.165, 1.54) is 0 Å². The Morgan fingerprint density at radius 3 is 2.10 bits per heavy atom. The van der Waals surface area contributed by atoms with Gasteiger partial charge in [0.15, 0.2) is 0 Å². The molecule has 0 bridgehead atoms. The van der Waals surface area contributed by atoms with Gasteiger partial charge in [-0.25, -0.2) is 0 Å². The molecule has 21 heavy (non-hydrogen) atoms. The Morgan fingerprint density at radius 1 is 0.905 bits per heavy atom. The molecule has 5 heteroatoms. The maximum absolute atomic E-state index is 11.9. The van der Waals surface area contributed by atoms with Crippen molar-refractivity contribution in [2.24, 2.45) is 0 Å². The molecule has 1 rings (SSSR count). The minimum Gasteiger partial charge on any atom is -0.379 e. The number of hydrogen-bond acceptors (Lipinski definition) is 2. The van der Waals surface area contributed by atoms with Crippen LogP contribution in [0.4, 0.5) is 13.2 Å². The summed E-state index contributed by atoms with van der Waals surface area (Å²) in [6.45, 7) is 2.39. The van der Waals surface area contributed by atoms with Crippen molar-refractivity contribution in [3.63, 3.8) is 0 Å². The fourth-order valence-corrected chi connectivity index (χ4v) is 2.58. The molecular formula is C16H29F3O2. The van der Waals surface area contributed by atoms with Gasteiger partial charge in [0.2, 0.25) is 0 Å². The summed E-state index contributed by atoms with van der Waals surface area (Å²) in [5, 5.41) is 0. The predicted molar refractivity (Wildman–Crippen MR) is 77.4 cm³/mol. The van der Waals surface area contributed by atoms with Gasteiger partial charge in [0.1, 0.15) is 0 Å². The second-order valence-electron chi connectivity index (χ2n) is 5.90. The number of ether oxygens (including phenoxy) is 2. The minimum absolute atomic E-state index is 0.278. The molecule has 1 fully saturated rings. The van der Waals surface area contributed by atoms with Gasteiger partial charge < -0.3 is 9.47 Å². The van der Waals surface area contributed by atoms with Crippen molar-refractivity contribution in [1.82, 2.24) is 0 Å². The average Bonchev–Trinajstić information content (AvgIpc) is 2.92. The normalized spacial score (nSPS) is 19.3. The van der Waals surface area contributed by atoms with Crippen LogP contribution in [0.5, 0.6) is 0 Å². The third-order valence-corrected chi connectivity index (χ3v) is 3.83. The van der Waals surface area contributed by atoms with E-state index in [0.29, 0.717) is 12.5 Å². The maximum atomic E-state index is 11.9. The van der Waals surface area contributed by atoms with Crippen LogP contribution >= 0.6 is 0 Å². The van der Waals surface area contributed by atoms with Crippen molar-refractivity contribution in [3.05, 3.63) is 0 Å². The van der Waals surface area contributed by atoms with Crippen molar-refractivity contribution >= 4 is 0 Å². The van der Waals surface area contributed by atoms with Gasteiger partial charge >= 0.3 is 6.18 Å². The highest BCUT2D eigenvalue weighted by molar-refractivity contribution is 4.63. The lowest BCUT2D eigenvalue weighted by atomic mass is 10.1. The summed E-state index contributed by atoms with van der Waals surface area (Å²) in [4.78, 5) is 0. The van der Waals surface area contributed by atoms with Crippen LogP contribution in [0.25, 0.3) is 0 Å². The fraction of sp³-hybridized carbons (Fsp3) is 1.00. The van der Waals surface area contributed by atoms with Crippen LogP contribution in [0.15, 0.2) is 0 Å². The Labute approximate surface area is 126 Å². The molecule has 0 aromatic heterocycles. The van der Waals surface area contributed by atoms with Gasteiger partial charge in [0, 0.05) is 19.6 Å². The van der Waals surface area contributed by atoms with Gasteiger partial charge in [-0.15, -0.1) is 0 Å². The molecule has 0 amide bonds. The van der Waals surface area contributed by atoms with Crippen LogP contribution in [0.3, 0.4) is 0 Å². The van der Waals surface area contributed by atoms with Crippen molar-refractivity contribution in [2.45, 2.75) is 82.9 Å². The van der Waals surface area contributed by atoms with Crippen LogP contribution in [-0.4, -0.2) is 32.1 Å². The molecule has 0 aliphatic carbocycles. The Morgan fingerprint density at radius 2 is 1.52 bits per heavy atom. The lowest BCUT2D eigenvalue weighted by Gasteiger charge is -2.09. The summed E-state index contributed by atoms with van der Waals surface area (Å²) in [7, 11) is 0. The largest absolute Gasteiger partial charge is 0.389 e. The van der Waals surface area contributed by atoms with E-state index in [0.717, 1.165) is 71.2 Å². The second-order valence-corrected chi connectivity index (χ2v) is 5.90. The highest BCUT2D eigenvalue weighted by Crippen LogP contribution is 2.23. The van der Waals surface area contributed by atoms with E-state index in [1.54, 1.807) is 0 Å². The second kappa shape index (κ2) is 11.3. The molecule has 0 radical (unpaired) electrons. The van der Waals surface area contributed by atoms with Crippen molar-refractivity contribution in [1.29, 1.82) is 0 Å². The van der Waals surface area contributed by atoms with Gasteiger partial charge in [-0.1, -0.05) is 38.5 Å². The Bertz CT molecular complexity index is 238. The lowest BCUT2D eigenvalue weighted by molar-refractivity contribution is -0.135. The monoisotopic (exact) mass is 310 g/mol. The summed E-state index contributed by atoms with van der Waals surface area (Å²) in [6, 6.07) is 0. The van der Waals surface area contributed by atoms with Crippen molar-refractivity contribution < 1.29 is 22.6 Å². The Balaban J connectivity index is 1.70. The van der Waals surface area contributed by atoms with Crippen LogP contribution in [0.2, 0.25) is 0 Å². The van der Waals surface area contributed by atoms with Gasteiger partial charge in [-0.2, -0.15) is 13.2 Å². The summed E-state index contributed by atoms with van der Waals surface area (Å²) in [6.07, 6.45) is 5.41. The number of alkyl halides is 3. The zero-order valence-electron chi connectivity index (χ0n) is 12.9. The molecule has 0 aromatic rings. The molecule has 126 valence electrons. The van der Waals surface area contributed by atoms with E-state index in [4.69, 9.17) is 9.47 Å². The van der Waals surface area contributed by atoms with E-state index in [2.05, 4.69) is 0 Å². The highest BCUT2D eigenvalue weighted by Gasteiger charge is 2.25. The number of halogens is 3. The van der Waals surface area contributed by atoms with Gasteiger partial charge in [0.25, 0.3) is 0 Å². The van der Waals surface area contributed by atoms with E-state index in [9.17, 15) is 13.2 Å². The highest BCUT2D eigenvalue weighted by atomic mass is 19.4. The molecule has 1 aliphatic rings. The standard InChI is InChI=1S/C16H29F3O2/c17-16(18,19)11-7-5-3-1-2-4-6-8-12-20-14-15-10-9-13-21-15/h15H,1-14H2. The molecular weight excluding hydrogens is 281 g/mol. The van der Waals surface area contributed by atoms with Crippen molar-refractivity contribution in [3.8, 4) is 0 Å². The summed E-state index contributed by atoms with van der Waals surface area (Å²) in [5.74, 6) is 0. The molecule has 1 saturated heterocycles. The first-order valence-corrected chi connectivity index (χ1v) is 8.34. The van der Waals surface area contributed by atoms with E-state index in [1.807, 2.05) is 0 Å². The molecule has 0 spiro atoms. The lowest BCUT2D eigenvalue weighted by Crippen LogP contribution is -2.14. The molecule has 0 saturated carbocycles. The zero-order chi connectivity index (χ0) is 15.4. The summed E-state index contributed by atoms with van der Waals surface area (Å²) in [5.41, 5.74) is 0. The average molecular weight is 310 g/mol. The van der Waals surface area contributed by atoms with Crippen LogP contribution in [0.1, 0.15) is 70.6 Å². The van der Waals surface area contributed by atoms with Gasteiger partial charge in [-0.3, -0.25) is 0 Å². The molecule has 1 heterocycles. The smallest absolute Gasteiger partial charge is 0.379 e. The molecule has 2 nitrogen and oxygen atoms in total. The van der Waals surface area contributed by atoms with Crippen LogP contribution in [-0.2, 0) is 9.47 Å². The van der Waals surface area contributed by atoms with Crippen LogP contribution in [0, 0.1) is 0 Å². The number of hydrogen-bond donors (Lipinski definition) is 0. The maximum Gasteiger partial charge on any atom is 0.389 e. The summed E-state index contributed by atoms with van der Waals surface area (Å²) >= 11 is 0. The van der Waals surface area contributed by atoms with Gasteiger partial charge in [-0.05, 0) is 25.7 Å². The first-order valence-electron chi connectivity index (χ1n) is 8.34. The van der Waals surface area contributed by atoms with E-state index >= 15 is 0 Å². The van der Waals surface area contributed by atoms with Gasteiger partial charge in [0.05, 0.1) is 12.7 Å².